The molecule has 3 unspecified atom stereocenters. The van der Waals surface area contributed by atoms with Gasteiger partial charge in [-0.05, 0) is 71.9 Å². The van der Waals surface area contributed by atoms with E-state index in [4.69, 9.17) is 11.6 Å². The Kier molecular flexibility index (Phi) is 4.58. The third-order valence-electron chi connectivity index (χ3n) is 4.83. The minimum atomic E-state index is 0.622. The Morgan fingerprint density at radius 1 is 1.05 bits per heavy atom. The summed E-state index contributed by atoms with van der Waals surface area (Å²) in [6, 6.07) is 6.91. The fourth-order valence-electron chi connectivity index (χ4n) is 3.83. The largest absolute Gasteiger partial charge is 0.381 e. The maximum absolute atomic E-state index is 6.32. The van der Waals surface area contributed by atoms with E-state index < -0.39 is 0 Å². The van der Waals surface area contributed by atoms with E-state index in [1.807, 2.05) is 6.07 Å². The van der Waals surface area contributed by atoms with Crippen molar-refractivity contribution in [2.45, 2.75) is 51.0 Å². The van der Waals surface area contributed by atoms with Crippen LogP contribution in [0.4, 0.5) is 5.69 Å². The van der Waals surface area contributed by atoms with Gasteiger partial charge in [0, 0.05) is 9.61 Å². The first-order valence-corrected chi connectivity index (χ1v) is 8.89. The van der Waals surface area contributed by atoms with Gasteiger partial charge in [-0.2, -0.15) is 0 Å². The molecule has 0 bridgehead atoms. The van der Waals surface area contributed by atoms with Gasteiger partial charge in [0.05, 0.1) is 10.7 Å². The van der Waals surface area contributed by atoms with E-state index in [-0.39, 0.29) is 0 Å². The SMILES string of the molecule is Clc1cc(I)ccc1NC1CCC2CCCCC2C1. The van der Waals surface area contributed by atoms with Gasteiger partial charge in [-0.15, -0.1) is 0 Å². The Labute approximate surface area is 134 Å². The van der Waals surface area contributed by atoms with Gasteiger partial charge < -0.3 is 5.32 Å². The number of benzene rings is 1. The van der Waals surface area contributed by atoms with Crippen LogP contribution in [0.5, 0.6) is 0 Å². The lowest BCUT2D eigenvalue weighted by Gasteiger charge is -2.40. The predicted octanol–water partition coefficient (Wildman–Crippen LogP) is 5.72. The highest BCUT2D eigenvalue weighted by Crippen LogP contribution is 2.41. The highest BCUT2D eigenvalue weighted by Gasteiger charge is 2.32. The molecule has 19 heavy (non-hydrogen) atoms. The summed E-state index contributed by atoms with van der Waals surface area (Å²) in [6.45, 7) is 0. The number of nitrogens with one attached hydrogen (secondary N) is 1. The molecule has 3 rings (SSSR count). The van der Waals surface area contributed by atoms with E-state index in [1.54, 1.807) is 0 Å². The van der Waals surface area contributed by atoms with Crippen molar-refractivity contribution in [2.24, 2.45) is 11.8 Å². The minimum Gasteiger partial charge on any atom is -0.381 e. The maximum atomic E-state index is 6.32. The molecule has 0 aromatic heterocycles. The molecule has 0 aliphatic heterocycles. The quantitative estimate of drug-likeness (QED) is 0.638. The number of halogens is 2. The zero-order valence-electron chi connectivity index (χ0n) is 11.2. The first kappa shape index (κ1) is 14.0. The summed E-state index contributed by atoms with van der Waals surface area (Å²) in [4.78, 5) is 0. The fraction of sp³-hybridized carbons (Fsp3) is 0.625. The van der Waals surface area contributed by atoms with Gasteiger partial charge in [0.2, 0.25) is 0 Å². The van der Waals surface area contributed by atoms with Crippen molar-refractivity contribution in [3.05, 3.63) is 26.8 Å². The van der Waals surface area contributed by atoms with Gasteiger partial charge in [-0.1, -0.05) is 37.3 Å². The number of anilines is 1. The second-order valence-corrected chi connectivity index (χ2v) is 7.74. The van der Waals surface area contributed by atoms with Gasteiger partial charge in [0.15, 0.2) is 0 Å². The average molecular weight is 390 g/mol. The Morgan fingerprint density at radius 3 is 2.63 bits per heavy atom. The van der Waals surface area contributed by atoms with Gasteiger partial charge in [0.1, 0.15) is 0 Å². The summed E-state index contributed by atoms with van der Waals surface area (Å²) >= 11 is 8.62. The summed E-state index contributed by atoms with van der Waals surface area (Å²) in [6.07, 6.45) is 9.88. The van der Waals surface area contributed by atoms with Gasteiger partial charge in [-0.25, -0.2) is 0 Å². The lowest BCUT2D eigenvalue weighted by atomic mass is 9.69. The molecule has 3 heteroatoms. The zero-order valence-corrected chi connectivity index (χ0v) is 14.1. The zero-order chi connectivity index (χ0) is 13.2. The monoisotopic (exact) mass is 389 g/mol. The minimum absolute atomic E-state index is 0.622. The third kappa shape index (κ3) is 3.38. The van der Waals surface area contributed by atoms with E-state index in [2.05, 4.69) is 40.0 Å². The highest BCUT2D eigenvalue weighted by molar-refractivity contribution is 14.1. The van der Waals surface area contributed by atoms with Crippen LogP contribution in [-0.2, 0) is 0 Å². The topological polar surface area (TPSA) is 12.0 Å². The number of fused-ring (bicyclic) bond motifs is 1. The summed E-state index contributed by atoms with van der Waals surface area (Å²) in [5.74, 6) is 1.97. The molecule has 1 aromatic carbocycles. The van der Waals surface area contributed by atoms with Crippen molar-refractivity contribution < 1.29 is 0 Å². The number of hydrogen-bond acceptors (Lipinski definition) is 1. The first-order valence-electron chi connectivity index (χ1n) is 7.44. The van der Waals surface area contributed by atoms with Crippen molar-refractivity contribution in [2.75, 3.05) is 5.32 Å². The molecular weight excluding hydrogens is 369 g/mol. The van der Waals surface area contributed by atoms with Crippen LogP contribution in [0.1, 0.15) is 44.9 Å². The van der Waals surface area contributed by atoms with Crippen LogP contribution in [-0.4, -0.2) is 6.04 Å². The molecular formula is C16H21ClIN. The van der Waals surface area contributed by atoms with Crippen LogP contribution in [0.15, 0.2) is 18.2 Å². The molecule has 0 heterocycles. The number of rotatable bonds is 2. The fourth-order valence-corrected chi connectivity index (χ4v) is 4.74. The number of hydrogen-bond donors (Lipinski definition) is 1. The van der Waals surface area contributed by atoms with Crippen LogP contribution in [0, 0.1) is 15.4 Å². The molecule has 0 radical (unpaired) electrons. The lowest BCUT2D eigenvalue weighted by Crippen LogP contribution is -2.34. The molecule has 1 nitrogen and oxygen atoms in total. The Balaban J connectivity index is 1.64. The Bertz CT molecular complexity index is 448. The smallest absolute Gasteiger partial charge is 0.0648 e. The Hall–Kier alpha value is 0.0400. The molecule has 2 aliphatic rings. The van der Waals surface area contributed by atoms with E-state index in [0.717, 1.165) is 22.5 Å². The third-order valence-corrected chi connectivity index (χ3v) is 5.81. The van der Waals surface area contributed by atoms with Crippen molar-refractivity contribution in [3.63, 3.8) is 0 Å². The van der Waals surface area contributed by atoms with Crippen molar-refractivity contribution in [1.82, 2.24) is 0 Å². The van der Waals surface area contributed by atoms with Crippen LogP contribution in [0.25, 0.3) is 0 Å². The molecule has 104 valence electrons. The molecule has 2 fully saturated rings. The van der Waals surface area contributed by atoms with E-state index in [0.29, 0.717) is 6.04 Å². The maximum Gasteiger partial charge on any atom is 0.0648 e. The highest BCUT2D eigenvalue weighted by atomic mass is 127. The summed E-state index contributed by atoms with van der Waals surface area (Å²) in [5.41, 5.74) is 1.11. The Morgan fingerprint density at radius 2 is 1.84 bits per heavy atom. The molecule has 1 N–H and O–H groups in total. The molecule has 0 saturated heterocycles. The van der Waals surface area contributed by atoms with Crippen molar-refractivity contribution in [3.8, 4) is 0 Å². The van der Waals surface area contributed by atoms with Crippen LogP contribution < -0.4 is 5.32 Å². The molecule has 0 spiro atoms. The standard InChI is InChI=1S/C16H21ClIN/c17-15-10-13(18)6-8-16(15)19-14-7-5-11-3-1-2-4-12(11)9-14/h6,8,10-12,14,19H,1-5,7,9H2. The second-order valence-electron chi connectivity index (χ2n) is 6.08. The second kappa shape index (κ2) is 6.21. The van der Waals surface area contributed by atoms with Crippen LogP contribution in [0.3, 0.4) is 0 Å². The van der Waals surface area contributed by atoms with Gasteiger partial charge >= 0.3 is 0 Å². The summed E-state index contributed by atoms with van der Waals surface area (Å²) < 4.78 is 1.20. The predicted molar refractivity (Wildman–Crippen MR) is 90.9 cm³/mol. The molecule has 3 atom stereocenters. The van der Waals surface area contributed by atoms with Gasteiger partial charge in [0.25, 0.3) is 0 Å². The first-order chi connectivity index (χ1) is 9.22. The molecule has 1 aromatic rings. The van der Waals surface area contributed by atoms with Crippen LogP contribution >= 0.6 is 34.2 Å². The molecule has 2 saturated carbocycles. The van der Waals surface area contributed by atoms with E-state index >= 15 is 0 Å². The summed E-state index contributed by atoms with van der Waals surface area (Å²) in [7, 11) is 0. The summed E-state index contributed by atoms with van der Waals surface area (Å²) in [5, 5.41) is 4.53. The van der Waals surface area contributed by atoms with E-state index in [9.17, 15) is 0 Å². The van der Waals surface area contributed by atoms with E-state index in [1.165, 1.54) is 48.5 Å². The van der Waals surface area contributed by atoms with Gasteiger partial charge in [-0.3, -0.25) is 0 Å². The molecule has 0 amide bonds. The lowest BCUT2D eigenvalue weighted by molar-refractivity contribution is 0.162. The van der Waals surface area contributed by atoms with Crippen molar-refractivity contribution >= 4 is 39.9 Å². The van der Waals surface area contributed by atoms with Crippen LogP contribution in [0.2, 0.25) is 5.02 Å². The average Bonchev–Trinajstić information content (AvgIpc) is 2.42. The molecule has 2 aliphatic carbocycles. The normalized spacial score (nSPS) is 30.7. The van der Waals surface area contributed by atoms with Crippen molar-refractivity contribution in [1.29, 1.82) is 0 Å².